The number of hydrogen-bond donors (Lipinski definition) is 4. The molecule has 3 fully saturated rings. The summed E-state index contributed by atoms with van der Waals surface area (Å²) in [5.41, 5.74) is -7.65. The number of aliphatic hydroxyl groups is 3. The van der Waals surface area contributed by atoms with Gasteiger partial charge in [-0.05, 0) is 63.5 Å². The molecule has 337 valence electrons. The van der Waals surface area contributed by atoms with E-state index in [9.17, 15) is 34.5 Å². The third kappa shape index (κ3) is 8.44. The first kappa shape index (κ1) is 48.4. The highest BCUT2D eigenvalue weighted by molar-refractivity contribution is 6.27. The summed E-state index contributed by atoms with van der Waals surface area (Å²) in [5, 5.41) is 40.3. The smallest absolute Gasteiger partial charge is 0.408 e. The van der Waals surface area contributed by atoms with Gasteiger partial charge in [0.15, 0.2) is 17.5 Å². The summed E-state index contributed by atoms with van der Waals surface area (Å²) >= 11 is 0. The largest absolute Gasteiger partial charge is 0.456 e. The number of Topliss-reactive ketones (excluding diaryl/α,β-unsaturated/α-hetero) is 1. The number of alkyl carbamates (subject to hydrolysis) is 1. The van der Waals surface area contributed by atoms with E-state index < -0.39 is 112 Å². The van der Waals surface area contributed by atoms with Crippen LogP contribution in [0.15, 0.2) is 71.8 Å². The van der Waals surface area contributed by atoms with E-state index in [0.29, 0.717) is 11.9 Å². The van der Waals surface area contributed by atoms with E-state index in [0.717, 1.165) is 0 Å². The normalized spacial score (nSPS) is 32.0. The molecule has 1 aliphatic heterocycles. The van der Waals surface area contributed by atoms with Crippen LogP contribution in [-0.2, 0) is 42.7 Å². The van der Waals surface area contributed by atoms with Crippen LogP contribution in [0, 0.1) is 16.7 Å². The minimum Gasteiger partial charge on any atom is -0.456 e. The molecule has 1 amide bonds. The van der Waals surface area contributed by atoms with E-state index in [1.807, 2.05) is 6.92 Å². The Morgan fingerprint density at radius 1 is 1.00 bits per heavy atom. The van der Waals surface area contributed by atoms with Gasteiger partial charge >= 0.3 is 24.0 Å². The molecule has 0 aromatic heterocycles. The molecule has 2 aromatic carbocycles. The molecule has 3 aliphatic carbocycles. The van der Waals surface area contributed by atoms with Crippen molar-refractivity contribution in [3.05, 3.63) is 82.9 Å². The summed E-state index contributed by atoms with van der Waals surface area (Å²) in [5.74, 6) is -5.00. The number of nitrogens with one attached hydrogen (secondary N) is 1. The number of benzene rings is 2. The van der Waals surface area contributed by atoms with E-state index in [2.05, 4.69) is 5.32 Å². The first-order valence-corrected chi connectivity index (χ1v) is 20.7. The lowest BCUT2D eigenvalue weighted by molar-refractivity contribution is -0.344. The third-order valence-corrected chi connectivity index (χ3v) is 13.0. The molecule has 1 heterocycles. The maximum Gasteiger partial charge on any atom is 0.408 e. The zero-order chi connectivity index (χ0) is 44.9. The number of carbonyl (C=O) groups excluding carboxylic acids is 5. The van der Waals surface area contributed by atoms with E-state index in [-0.39, 0.29) is 37.2 Å². The summed E-state index contributed by atoms with van der Waals surface area (Å²) in [6.45, 7) is 14.1. The van der Waals surface area contributed by atoms with E-state index in [1.54, 1.807) is 97.0 Å². The van der Waals surface area contributed by atoms with Gasteiger partial charge in [-0.1, -0.05) is 83.0 Å². The molecule has 16 heteroatoms. The van der Waals surface area contributed by atoms with Gasteiger partial charge in [-0.3, -0.25) is 9.59 Å². The number of hydrogen-bond acceptors (Lipinski definition) is 14. The Morgan fingerprint density at radius 2 is 1.61 bits per heavy atom. The minimum atomic E-state index is -2.31. The zero-order valence-corrected chi connectivity index (χ0v) is 36.1. The fourth-order valence-corrected chi connectivity index (χ4v) is 9.95. The third-order valence-electron chi connectivity index (χ3n) is 13.0. The SMILES string of the molecule is C.CC[B]OC1C[C@H]2OC[C@@]2(OC(C)=O)[C@H]2[C@H](OC(=O)c3ccccc3)[C@]3(O)CC(OC(=O)[C@H](O)[C@@H](NC(=O)OC(C)(C)C)c4ccccc4)C(C)=C([C@@H](O)C(=O)[C@]12C)C3(C)C. The highest BCUT2D eigenvalue weighted by atomic mass is 16.6. The predicted octanol–water partition coefficient (Wildman–Crippen LogP) is 4.98. The lowest BCUT2D eigenvalue weighted by Gasteiger charge is -2.68. The average molecular weight is 863 g/mol. The van der Waals surface area contributed by atoms with Gasteiger partial charge in [0, 0.05) is 25.2 Å². The van der Waals surface area contributed by atoms with Gasteiger partial charge in [-0.15, -0.1) is 0 Å². The summed E-state index contributed by atoms with van der Waals surface area (Å²) in [6.07, 6.45) is -9.96. The summed E-state index contributed by atoms with van der Waals surface area (Å²) in [6, 6.07) is 14.9. The van der Waals surface area contributed by atoms with Crippen molar-refractivity contribution >= 4 is 37.3 Å². The van der Waals surface area contributed by atoms with Crippen molar-refractivity contribution in [3.63, 3.8) is 0 Å². The van der Waals surface area contributed by atoms with E-state index >= 15 is 4.79 Å². The van der Waals surface area contributed by atoms with Crippen LogP contribution in [0.2, 0.25) is 6.32 Å². The zero-order valence-electron chi connectivity index (χ0n) is 36.1. The second-order valence-electron chi connectivity index (χ2n) is 18.3. The van der Waals surface area contributed by atoms with Crippen LogP contribution in [0.3, 0.4) is 0 Å². The second kappa shape index (κ2) is 17.9. The summed E-state index contributed by atoms with van der Waals surface area (Å²) < 4.78 is 36.4. The molecule has 2 saturated carbocycles. The van der Waals surface area contributed by atoms with Gasteiger partial charge in [0.2, 0.25) is 0 Å². The Morgan fingerprint density at radius 3 is 2.16 bits per heavy atom. The molecule has 0 spiro atoms. The molecular weight excluding hydrogens is 801 g/mol. The van der Waals surface area contributed by atoms with Gasteiger partial charge in [-0.25, -0.2) is 14.4 Å². The molecule has 15 nitrogen and oxygen atoms in total. The van der Waals surface area contributed by atoms with E-state index in [1.165, 1.54) is 26.5 Å². The molecule has 1 saturated heterocycles. The van der Waals surface area contributed by atoms with Gasteiger partial charge in [0.1, 0.15) is 35.6 Å². The Kier molecular flexibility index (Phi) is 14.0. The molecule has 2 aromatic rings. The first-order valence-electron chi connectivity index (χ1n) is 20.7. The van der Waals surface area contributed by atoms with Crippen molar-refractivity contribution in [1.29, 1.82) is 0 Å². The number of esters is 3. The number of ketones is 1. The number of amides is 1. The lowest BCUT2D eigenvalue weighted by atomic mass is 9.44. The minimum absolute atomic E-state index is 0. The molecule has 6 rings (SSSR count). The highest BCUT2D eigenvalue weighted by Crippen LogP contribution is 2.64. The summed E-state index contributed by atoms with van der Waals surface area (Å²) in [4.78, 5) is 69.9. The monoisotopic (exact) mass is 862 g/mol. The Labute approximate surface area is 364 Å². The molecule has 1 radical (unpaired) electrons. The lowest BCUT2D eigenvalue weighted by Crippen LogP contribution is -2.82. The van der Waals surface area contributed by atoms with Gasteiger partial charge < -0.3 is 49.0 Å². The fourth-order valence-electron chi connectivity index (χ4n) is 9.95. The van der Waals surface area contributed by atoms with Crippen molar-refractivity contribution in [2.45, 2.75) is 148 Å². The molecule has 2 unspecified atom stereocenters. The quantitative estimate of drug-likeness (QED) is 0.102. The molecular formula is C46H61BNO14. The van der Waals surface area contributed by atoms with Crippen molar-refractivity contribution in [2.75, 3.05) is 6.61 Å². The first-order chi connectivity index (χ1) is 28.5. The Hall–Kier alpha value is -4.61. The molecule has 2 bridgehead atoms. The summed E-state index contributed by atoms with van der Waals surface area (Å²) in [7, 11) is 1.51. The molecule has 62 heavy (non-hydrogen) atoms. The van der Waals surface area contributed by atoms with Gasteiger partial charge in [0.05, 0.1) is 35.6 Å². The van der Waals surface area contributed by atoms with Crippen molar-refractivity contribution in [1.82, 2.24) is 5.32 Å². The number of ether oxygens (including phenoxy) is 5. The number of aliphatic hydroxyl groups excluding tert-OH is 2. The maximum atomic E-state index is 15.4. The van der Waals surface area contributed by atoms with Crippen molar-refractivity contribution < 1.29 is 67.6 Å². The van der Waals surface area contributed by atoms with Gasteiger partial charge in [-0.2, -0.15) is 0 Å². The van der Waals surface area contributed by atoms with Crippen LogP contribution in [0.25, 0.3) is 0 Å². The van der Waals surface area contributed by atoms with Crippen LogP contribution in [0.5, 0.6) is 0 Å². The Balaban J connectivity index is 0.00000726. The van der Waals surface area contributed by atoms with Gasteiger partial charge in [0.25, 0.3) is 7.48 Å². The predicted molar refractivity (Wildman–Crippen MR) is 225 cm³/mol. The van der Waals surface area contributed by atoms with Crippen molar-refractivity contribution in [2.24, 2.45) is 16.7 Å². The fraction of sp³-hybridized carbons (Fsp3) is 0.587. The highest BCUT2D eigenvalue weighted by Gasteiger charge is 2.78. The van der Waals surface area contributed by atoms with Crippen LogP contribution >= 0.6 is 0 Å². The molecule has 4 aliphatic rings. The van der Waals surface area contributed by atoms with Crippen molar-refractivity contribution in [3.8, 4) is 0 Å². The number of carbonyl (C=O) groups is 5. The van der Waals surface area contributed by atoms with E-state index in [4.69, 9.17) is 28.3 Å². The van der Waals surface area contributed by atoms with Crippen LogP contribution in [0.1, 0.15) is 105 Å². The molecule has 4 N–H and O–H groups in total. The molecule has 11 atom stereocenters. The van der Waals surface area contributed by atoms with Crippen LogP contribution < -0.4 is 5.32 Å². The second-order valence-corrected chi connectivity index (χ2v) is 18.3. The van der Waals surface area contributed by atoms with Crippen LogP contribution in [0.4, 0.5) is 4.79 Å². The van der Waals surface area contributed by atoms with Crippen LogP contribution in [-0.4, -0.2) is 113 Å². The maximum absolute atomic E-state index is 15.4. The topological polar surface area (TPSA) is 213 Å². The standard InChI is InChI=1S/C45H57BNO14.CH4/c1-10-46-61-29-21-30-44(23-56-30,59-25(3)48)35-37(58-38(52)27-19-15-12-16-20-27)45(55)22-28(24(2)31(42(45,7)8)33(49)36(51)43(29,35)9)57-39(53)34(50)32(26-17-13-11-14-18-26)47-40(54)60-41(4,5)6;/h11-20,28-30,32-35,37,49-50,55H,10,21-23H2,1-9H3,(H,47,54);1H4/t28?,29?,30-,32+,33-,34-,35+,37+,43-,44+,45-;/m1./s1. The average Bonchev–Trinajstić information content (AvgIpc) is 3.19. The number of fused-ring (bicyclic) bond motifs is 5. The Bertz CT molecular complexity index is 2040. The number of rotatable bonds is 11.